The molecule has 0 aliphatic rings. The number of halogens is 3. The summed E-state index contributed by atoms with van der Waals surface area (Å²) < 4.78 is 39.9. The van der Waals surface area contributed by atoms with Crippen LogP contribution in [-0.4, -0.2) is 37.2 Å². The summed E-state index contributed by atoms with van der Waals surface area (Å²) in [7, 11) is 1.67. The molecule has 3 aromatic heterocycles. The van der Waals surface area contributed by atoms with E-state index in [0.29, 0.717) is 34.2 Å². The Morgan fingerprint density at radius 1 is 1.21 bits per heavy atom. The Bertz CT molecular complexity index is 1150. The lowest BCUT2D eigenvalue weighted by Gasteiger charge is -2.15. The summed E-state index contributed by atoms with van der Waals surface area (Å²) >= 11 is 1.29. The first kappa shape index (κ1) is 19.1. The number of hydrogen-bond acceptors (Lipinski definition) is 5. The summed E-state index contributed by atoms with van der Waals surface area (Å²) in [5, 5.41) is 1.71. The van der Waals surface area contributed by atoms with E-state index in [-0.39, 0.29) is 5.91 Å². The highest BCUT2D eigenvalue weighted by molar-refractivity contribution is 7.15. The van der Waals surface area contributed by atoms with E-state index in [1.54, 1.807) is 35.3 Å². The van der Waals surface area contributed by atoms with Crippen molar-refractivity contribution in [2.75, 3.05) is 7.05 Å². The van der Waals surface area contributed by atoms with Gasteiger partial charge in [0.25, 0.3) is 5.91 Å². The maximum atomic E-state index is 12.8. The fourth-order valence-electron chi connectivity index (χ4n) is 2.83. The van der Waals surface area contributed by atoms with E-state index in [1.165, 1.54) is 34.7 Å². The zero-order valence-electron chi connectivity index (χ0n) is 15.1. The van der Waals surface area contributed by atoms with Gasteiger partial charge in [-0.2, -0.15) is 13.2 Å². The maximum Gasteiger partial charge on any atom is 0.416 e. The van der Waals surface area contributed by atoms with Crippen molar-refractivity contribution in [3.8, 4) is 11.3 Å². The molecule has 0 aliphatic heterocycles. The molecule has 0 bridgehead atoms. The smallest absolute Gasteiger partial charge is 0.334 e. The van der Waals surface area contributed by atoms with Crippen molar-refractivity contribution in [3.63, 3.8) is 0 Å². The normalized spacial score (nSPS) is 11.7. The zero-order valence-corrected chi connectivity index (χ0v) is 15.9. The summed E-state index contributed by atoms with van der Waals surface area (Å²) in [6, 6.07) is 6.51. The quantitative estimate of drug-likeness (QED) is 0.501. The van der Waals surface area contributed by atoms with Crippen molar-refractivity contribution in [1.82, 2.24) is 24.3 Å². The highest BCUT2D eigenvalue weighted by atomic mass is 32.1. The fourth-order valence-corrected chi connectivity index (χ4v) is 3.68. The summed E-state index contributed by atoms with van der Waals surface area (Å²) in [4.78, 5) is 27.3. The molecular weight excluding hydrogens is 403 g/mol. The first-order valence-electron chi connectivity index (χ1n) is 8.47. The number of imidazole rings is 1. The number of fused-ring (bicyclic) bond motifs is 1. The van der Waals surface area contributed by atoms with Crippen LogP contribution in [0.2, 0.25) is 0 Å². The van der Waals surface area contributed by atoms with Gasteiger partial charge in [0.05, 0.1) is 23.5 Å². The minimum absolute atomic E-state index is 0.216. The number of hydrogen-bond donors (Lipinski definition) is 0. The van der Waals surface area contributed by atoms with E-state index in [0.717, 1.165) is 12.1 Å². The van der Waals surface area contributed by atoms with Crippen LogP contribution in [0.15, 0.2) is 54.4 Å². The van der Waals surface area contributed by atoms with Crippen molar-refractivity contribution < 1.29 is 18.0 Å². The molecule has 4 rings (SSSR count). The summed E-state index contributed by atoms with van der Waals surface area (Å²) in [6.45, 7) is 0.319. The summed E-state index contributed by atoms with van der Waals surface area (Å²) in [5.41, 5.74) is 1.45. The van der Waals surface area contributed by atoms with Crippen LogP contribution in [0.4, 0.5) is 13.2 Å². The largest absolute Gasteiger partial charge is 0.416 e. The Morgan fingerprint density at radius 2 is 1.97 bits per heavy atom. The van der Waals surface area contributed by atoms with Crippen molar-refractivity contribution >= 4 is 22.2 Å². The third kappa shape index (κ3) is 3.83. The van der Waals surface area contributed by atoms with Gasteiger partial charge in [-0.05, 0) is 18.2 Å². The SMILES string of the molecule is CN(Cc1ccncn1)C(=O)c1csc2nc(-c3ccc(C(F)(F)F)cc3)cn12. The molecule has 0 aliphatic carbocycles. The lowest BCUT2D eigenvalue weighted by atomic mass is 10.1. The lowest BCUT2D eigenvalue weighted by molar-refractivity contribution is -0.137. The molecule has 3 heterocycles. The Morgan fingerprint density at radius 3 is 2.62 bits per heavy atom. The van der Waals surface area contributed by atoms with Crippen LogP contribution in [0.1, 0.15) is 21.7 Å². The molecule has 1 amide bonds. The van der Waals surface area contributed by atoms with E-state index in [4.69, 9.17) is 0 Å². The molecule has 0 atom stereocenters. The van der Waals surface area contributed by atoms with Crippen molar-refractivity contribution in [2.24, 2.45) is 0 Å². The molecule has 0 saturated carbocycles. The number of thiazole rings is 1. The van der Waals surface area contributed by atoms with Gasteiger partial charge in [-0.15, -0.1) is 11.3 Å². The molecule has 148 valence electrons. The van der Waals surface area contributed by atoms with Gasteiger partial charge in [-0.3, -0.25) is 9.20 Å². The molecule has 4 aromatic rings. The molecule has 0 unspecified atom stereocenters. The standard InChI is InChI=1S/C19H14F3N5OS/c1-26(8-14-6-7-23-11-24-14)17(28)16-10-29-18-25-15(9-27(16)18)12-2-4-13(5-3-12)19(20,21)22/h2-7,9-11H,8H2,1H3. The van der Waals surface area contributed by atoms with E-state index in [2.05, 4.69) is 15.0 Å². The Labute approximate surface area is 167 Å². The lowest BCUT2D eigenvalue weighted by Crippen LogP contribution is -2.27. The van der Waals surface area contributed by atoms with Crippen molar-refractivity contribution in [2.45, 2.75) is 12.7 Å². The number of amides is 1. The highest BCUT2D eigenvalue weighted by Crippen LogP contribution is 2.31. The van der Waals surface area contributed by atoms with Gasteiger partial charge < -0.3 is 4.90 Å². The molecule has 0 radical (unpaired) electrons. The molecule has 1 aromatic carbocycles. The van der Waals surface area contributed by atoms with Gasteiger partial charge in [-0.25, -0.2) is 15.0 Å². The van der Waals surface area contributed by atoms with E-state index >= 15 is 0 Å². The van der Waals surface area contributed by atoms with Gasteiger partial charge in [0.15, 0.2) is 4.96 Å². The van der Waals surface area contributed by atoms with Crippen LogP contribution in [-0.2, 0) is 12.7 Å². The molecule has 0 saturated heterocycles. The van der Waals surface area contributed by atoms with Gasteiger partial charge >= 0.3 is 6.18 Å². The van der Waals surface area contributed by atoms with Crippen LogP contribution < -0.4 is 0 Å². The number of carbonyl (C=O) groups excluding carboxylic acids is 1. The van der Waals surface area contributed by atoms with Gasteiger partial charge in [0.2, 0.25) is 0 Å². The van der Waals surface area contributed by atoms with Gasteiger partial charge in [0, 0.05) is 30.4 Å². The minimum Gasteiger partial charge on any atom is -0.334 e. The molecule has 6 nitrogen and oxygen atoms in total. The average Bonchev–Trinajstić information content (AvgIpc) is 3.28. The topological polar surface area (TPSA) is 63.4 Å². The van der Waals surface area contributed by atoms with Crippen molar-refractivity contribution in [3.05, 3.63) is 71.4 Å². The molecular formula is C19H14F3N5OS. The minimum atomic E-state index is -4.39. The first-order valence-corrected chi connectivity index (χ1v) is 9.35. The summed E-state index contributed by atoms with van der Waals surface area (Å²) in [6.07, 6.45) is 0.291. The number of rotatable bonds is 4. The summed E-state index contributed by atoms with van der Waals surface area (Å²) in [5.74, 6) is -0.216. The Hall–Kier alpha value is -3.27. The Kier molecular flexibility index (Phi) is 4.79. The molecule has 29 heavy (non-hydrogen) atoms. The van der Waals surface area contributed by atoms with E-state index in [1.807, 2.05) is 0 Å². The van der Waals surface area contributed by atoms with Crippen LogP contribution in [0.3, 0.4) is 0 Å². The van der Waals surface area contributed by atoms with Crippen LogP contribution in [0, 0.1) is 0 Å². The highest BCUT2D eigenvalue weighted by Gasteiger charge is 2.30. The number of nitrogens with zero attached hydrogens (tertiary/aromatic N) is 5. The zero-order chi connectivity index (χ0) is 20.6. The number of benzene rings is 1. The molecule has 0 N–H and O–H groups in total. The second kappa shape index (κ2) is 7.28. The molecule has 0 spiro atoms. The second-order valence-electron chi connectivity index (χ2n) is 6.34. The monoisotopic (exact) mass is 417 g/mol. The van der Waals surface area contributed by atoms with E-state index < -0.39 is 11.7 Å². The number of alkyl halides is 3. The van der Waals surface area contributed by atoms with Crippen LogP contribution >= 0.6 is 11.3 Å². The average molecular weight is 417 g/mol. The molecule has 10 heteroatoms. The third-order valence-corrected chi connectivity index (χ3v) is 5.17. The van der Waals surface area contributed by atoms with Gasteiger partial charge in [0.1, 0.15) is 12.0 Å². The second-order valence-corrected chi connectivity index (χ2v) is 7.17. The van der Waals surface area contributed by atoms with Crippen LogP contribution in [0.25, 0.3) is 16.2 Å². The third-order valence-electron chi connectivity index (χ3n) is 4.33. The number of carbonyl (C=O) groups is 1. The number of aromatic nitrogens is 4. The first-order chi connectivity index (χ1) is 13.8. The van der Waals surface area contributed by atoms with Crippen molar-refractivity contribution in [1.29, 1.82) is 0 Å². The van der Waals surface area contributed by atoms with Gasteiger partial charge in [-0.1, -0.05) is 12.1 Å². The predicted molar refractivity (Wildman–Crippen MR) is 101 cm³/mol. The predicted octanol–water partition coefficient (Wildman–Crippen LogP) is 4.14. The maximum absolute atomic E-state index is 12.8. The fraction of sp³-hybridized carbons (Fsp3) is 0.158. The van der Waals surface area contributed by atoms with E-state index in [9.17, 15) is 18.0 Å². The molecule has 0 fully saturated rings. The van der Waals surface area contributed by atoms with Crippen LogP contribution in [0.5, 0.6) is 0 Å². The Balaban J connectivity index is 1.59.